The maximum absolute atomic E-state index is 13.8. The summed E-state index contributed by atoms with van der Waals surface area (Å²) in [4.78, 5) is 7.53. The zero-order valence-corrected chi connectivity index (χ0v) is 13.8. The first-order valence-corrected chi connectivity index (χ1v) is 7.80. The van der Waals surface area contributed by atoms with Crippen LogP contribution in [0, 0.1) is 10.6 Å². The van der Waals surface area contributed by atoms with E-state index in [1.165, 1.54) is 11.6 Å². The molecule has 0 aliphatic heterocycles. The van der Waals surface area contributed by atoms with Crippen molar-refractivity contribution in [3.8, 4) is 0 Å². The Morgan fingerprint density at radius 2 is 2.24 bits per heavy atom. The van der Waals surface area contributed by atoms with Crippen molar-refractivity contribution in [1.29, 1.82) is 0 Å². The van der Waals surface area contributed by atoms with Crippen LogP contribution in [-0.4, -0.2) is 14.5 Å². The van der Waals surface area contributed by atoms with E-state index in [0.717, 1.165) is 23.1 Å². The molecule has 0 bridgehead atoms. The second kappa shape index (κ2) is 5.69. The van der Waals surface area contributed by atoms with Gasteiger partial charge in [0, 0.05) is 12.3 Å². The van der Waals surface area contributed by atoms with Crippen molar-refractivity contribution < 1.29 is 4.39 Å². The van der Waals surface area contributed by atoms with E-state index in [-0.39, 0.29) is 5.82 Å². The molecule has 2 heterocycles. The molecule has 0 amide bonds. The van der Waals surface area contributed by atoms with E-state index >= 15 is 0 Å². The van der Waals surface area contributed by atoms with Crippen LogP contribution in [0.3, 0.4) is 0 Å². The highest BCUT2D eigenvalue weighted by atomic mass is 79.9. The summed E-state index contributed by atoms with van der Waals surface area (Å²) in [6, 6.07) is 7.17. The Labute approximate surface area is 135 Å². The van der Waals surface area contributed by atoms with Gasteiger partial charge in [-0.05, 0) is 52.3 Å². The Morgan fingerprint density at radius 1 is 1.43 bits per heavy atom. The van der Waals surface area contributed by atoms with Crippen molar-refractivity contribution in [1.82, 2.24) is 14.5 Å². The highest BCUT2D eigenvalue weighted by Gasteiger charge is 2.11. The minimum atomic E-state index is -0.304. The summed E-state index contributed by atoms with van der Waals surface area (Å²) in [7, 11) is 0. The maximum Gasteiger partial charge on any atom is 0.178 e. The number of nitrogens with one attached hydrogen (secondary N) is 1. The van der Waals surface area contributed by atoms with Gasteiger partial charge >= 0.3 is 0 Å². The van der Waals surface area contributed by atoms with Gasteiger partial charge in [-0.15, -0.1) is 0 Å². The minimum Gasteiger partial charge on any atom is -0.331 e. The van der Waals surface area contributed by atoms with E-state index in [1.807, 2.05) is 10.6 Å². The van der Waals surface area contributed by atoms with Gasteiger partial charge in [-0.1, -0.05) is 13.0 Å². The molecule has 0 radical (unpaired) electrons. The molecule has 6 heteroatoms. The lowest BCUT2D eigenvalue weighted by atomic mass is 10.1. The van der Waals surface area contributed by atoms with Gasteiger partial charge in [0.25, 0.3) is 0 Å². The fourth-order valence-electron chi connectivity index (χ4n) is 2.39. The third kappa shape index (κ3) is 2.65. The molecular weight excluding hydrogens is 353 g/mol. The van der Waals surface area contributed by atoms with Crippen LogP contribution in [0.2, 0.25) is 0 Å². The Morgan fingerprint density at radius 3 is 3.00 bits per heavy atom. The van der Waals surface area contributed by atoms with Gasteiger partial charge in [0.2, 0.25) is 0 Å². The number of aromatic amines is 1. The van der Waals surface area contributed by atoms with Crippen LogP contribution < -0.4 is 0 Å². The molecule has 1 aromatic carbocycles. The number of benzene rings is 1. The van der Waals surface area contributed by atoms with Crippen molar-refractivity contribution in [3.05, 3.63) is 56.8 Å². The zero-order chi connectivity index (χ0) is 15.0. The van der Waals surface area contributed by atoms with Crippen LogP contribution in [0.4, 0.5) is 4.39 Å². The lowest BCUT2D eigenvalue weighted by Crippen LogP contribution is -2.05. The number of imidazole rings is 1. The van der Waals surface area contributed by atoms with E-state index in [4.69, 9.17) is 12.2 Å². The van der Waals surface area contributed by atoms with Crippen molar-refractivity contribution >= 4 is 39.2 Å². The monoisotopic (exact) mass is 365 g/mol. The third-order valence-electron chi connectivity index (χ3n) is 3.49. The maximum atomic E-state index is 13.8. The molecule has 1 N–H and O–H groups in total. The number of halogens is 2. The normalized spacial score (nSPS) is 11.2. The van der Waals surface area contributed by atoms with Crippen LogP contribution in [0.15, 0.2) is 34.9 Å². The Hall–Kier alpha value is -1.53. The molecule has 2 aromatic heterocycles. The molecule has 21 heavy (non-hydrogen) atoms. The molecule has 0 atom stereocenters. The van der Waals surface area contributed by atoms with E-state index in [1.54, 1.807) is 12.3 Å². The van der Waals surface area contributed by atoms with Gasteiger partial charge in [0.05, 0.1) is 27.7 Å². The quantitative estimate of drug-likeness (QED) is 0.687. The van der Waals surface area contributed by atoms with Crippen molar-refractivity contribution in [2.75, 3.05) is 0 Å². The smallest absolute Gasteiger partial charge is 0.178 e. The van der Waals surface area contributed by atoms with Gasteiger partial charge in [-0.3, -0.25) is 4.98 Å². The molecule has 0 fully saturated rings. The SMILES string of the molecule is CCc1cccnc1Cn1c(=S)[nH]c2cc(Br)c(F)cc21. The summed E-state index contributed by atoms with van der Waals surface area (Å²) in [6.45, 7) is 2.62. The summed E-state index contributed by atoms with van der Waals surface area (Å²) in [5.74, 6) is -0.304. The predicted octanol–water partition coefficient (Wildman–Crippen LogP) is 4.61. The zero-order valence-electron chi connectivity index (χ0n) is 11.4. The van der Waals surface area contributed by atoms with E-state index in [9.17, 15) is 4.39 Å². The molecular formula is C15H13BrFN3S. The topological polar surface area (TPSA) is 33.6 Å². The second-order valence-electron chi connectivity index (χ2n) is 4.76. The van der Waals surface area contributed by atoms with Gasteiger partial charge in [-0.2, -0.15) is 0 Å². The largest absolute Gasteiger partial charge is 0.331 e. The Kier molecular flexibility index (Phi) is 3.91. The number of aryl methyl sites for hydroxylation is 1. The standard InChI is InChI=1S/C15H13BrFN3S/c1-2-9-4-3-5-18-13(9)8-20-14-7-11(17)10(16)6-12(14)19-15(20)21/h3-7H,2,8H2,1H3,(H,19,21). The molecule has 0 aliphatic rings. The molecule has 0 spiro atoms. The van der Waals surface area contributed by atoms with Crippen LogP contribution in [0.25, 0.3) is 11.0 Å². The highest BCUT2D eigenvalue weighted by molar-refractivity contribution is 9.10. The fraction of sp³-hybridized carbons (Fsp3) is 0.200. The summed E-state index contributed by atoms with van der Waals surface area (Å²) >= 11 is 8.55. The molecule has 108 valence electrons. The minimum absolute atomic E-state index is 0.304. The number of hydrogen-bond donors (Lipinski definition) is 1. The lowest BCUT2D eigenvalue weighted by Gasteiger charge is -2.08. The first-order chi connectivity index (χ1) is 10.1. The number of H-pyrrole nitrogens is 1. The first-order valence-electron chi connectivity index (χ1n) is 6.60. The van der Waals surface area contributed by atoms with Gasteiger partial charge in [0.15, 0.2) is 4.77 Å². The van der Waals surface area contributed by atoms with Gasteiger partial charge < -0.3 is 9.55 Å². The molecule has 3 nitrogen and oxygen atoms in total. The molecule has 0 unspecified atom stereocenters. The lowest BCUT2D eigenvalue weighted by molar-refractivity contribution is 0.621. The van der Waals surface area contributed by atoms with Crippen LogP contribution >= 0.6 is 28.1 Å². The average Bonchev–Trinajstić information content (AvgIpc) is 2.76. The first kappa shape index (κ1) is 14.4. The van der Waals surface area contributed by atoms with Gasteiger partial charge in [0.1, 0.15) is 5.82 Å². The predicted molar refractivity (Wildman–Crippen MR) is 87.5 cm³/mol. The number of pyridine rings is 1. The number of hydrogen-bond acceptors (Lipinski definition) is 2. The molecule has 0 saturated heterocycles. The number of rotatable bonds is 3. The van der Waals surface area contributed by atoms with Crippen LogP contribution in [-0.2, 0) is 13.0 Å². The van der Waals surface area contributed by atoms with Crippen molar-refractivity contribution in [2.45, 2.75) is 19.9 Å². The number of nitrogens with zero attached hydrogens (tertiary/aromatic N) is 2. The second-order valence-corrected chi connectivity index (χ2v) is 6.00. The molecule has 0 saturated carbocycles. The van der Waals surface area contributed by atoms with E-state index < -0.39 is 0 Å². The van der Waals surface area contributed by atoms with E-state index in [0.29, 0.717) is 15.8 Å². The number of aromatic nitrogens is 3. The molecule has 3 rings (SSSR count). The van der Waals surface area contributed by atoms with Crippen molar-refractivity contribution in [2.24, 2.45) is 0 Å². The Bertz CT molecular complexity index is 869. The summed E-state index contributed by atoms with van der Waals surface area (Å²) in [5.41, 5.74) is 3.68. The highest BCUT2D eigenvalue weighted by Crippen LogP contribution is 2.24. The summed E-state index contributed by atoms with van der Waals surface area (Å²) in [6.07, 6.45) is 2.67. The van der Waals surface area contributed by atoms with Crippen LogP contribution in [0.1, 0.15) is 18.2 Å². The summed E-state index contributed by atoms with van der Waals surface area (Å²) in [5, 5.41) is 0. The fourth-order valence-corrected chi connectivity index (χ4v) is 3.01. The Balaban J connectivity index is 2.14. The van der Waals surface area contributed by atoms with Crippen molar-refractivity contribution in [3.63, 3.8) is 0 Å². The number of fused-ring (bicyclic) bond motifs is 1. The average molecular weight is 366 g/mol. The molecule has 3 aromatic rings. The molecule has 0 aliphatic carbocycles. The van der Waals surface area contributed by atoms with E-state index in [2.05, 4.69) is 38.9 Å². The summed E-state index contributed by atoms with van der Waals surface area (Å²) < 4.78 is 16.7. The third-order valence-corrected chi connectivity index (χ3v) is 4.42. The van der Waals surface area contributed by atoms with Crippen LogP contribution in [0.5, 0.6) is 0 Å². The van der Waals surface area contributed by atoms with Gasteiger partial charge in [-0.25, -0.2) is 4.39 Å².